The van der Waals surface area contributed by atoms with Gasteiger partial charge in [0.15, 0.2) is 6.04 Å². The molecule has 1 aliphatic rings. The molecule has 128 valence electrons. The molecule has 0 unspecified atom stereocenters. The van der Waals surface area contributed by atoms with E-state index in [-0.39, 0.29) is 17.4 Å². The van der Waals surface area contributed by atoms with E-state index in [4.69, 9.17) is 0 Å². The van der Waals surface area contributed by atoms with Crippen LogP contribution in [-0.4, -0.2) is 63.3 Å². The predicted molar refractivity (Wildman–Crippen MR) is 88.7 cm³/mol. The molecule has 2 atom stereocenters. The highest BCUT2D eigenvalue weighted by Gasteiger charge is 2.44. The third kappa shape index (κ3) is 3.76. The summed E-state index contributed by atoms with van der Waals surface area (Å²) in [5.74, 6) is -2.28. The average Bonchev–Trinajstić information content (AvgIpc) is 2.88. The summed E-state index contributed by atoms with van der Waals surface area (Å²) < 4.78 is 0. The van der Waals surface area contributed by atoms with Gasteiger partial charge in [-0.05, 0) is 0 Å². The summed E-state index contributed by atoms with van der Waals surface area (Å²) in [5.41, 5.74) is 0.530. The van der Waals surface area contributed by atoms with E-state index in [1.54, 1.807) is 37.3 Å². The number of rotatable bonds is 5. The Balaban J connectivity index is 2.00. The number of urea groups is 1. The van der Waals surface area contributed by atoms with Crippen molar-refractivity contribution in [2.75, 3.05) is 19.3 Å². The third-order valence-corrected chi connectivity index (χ3v) is 4.87. The van der Waals surface area contributed by atoms with Crippen LogP contribution in [0.5, 0.6) is 0 Å². The first-order valence-electron chi connectivity index (χ1n) is 7.36. The van der Waals surface area contributed by atoms with Gasteiger partial charge in [0.2, 0.25) is 11.0 Å². The Labute approximate surface area is 143 Å². The quantitative estimate of drug-likeness (QED) is 0.866. The van der Waals surface area contributed by atoms with E-state index in [1.807, 2.05) is 0 Å². The van der Waals surface area contributed by atoms with E-state index in [0.717, 1.165) is 16.7 Å². The molecule has 1 saturated heterocycles. The van der Waals surface area contributed by atoms with Gasteiger partial charge in [-0.2, -0.15) is 0 Å². The summed E-state index contributed by atoms with van der Waals surface area (Å²) in [6.45, 7) is 1.54. The molecule has 1 aliphatic heterocycles. The predicted octanol–water partition coefficient (Wildman–Crippen LogP) is 1.54. The Morgan fingerprint density at radius 3 is 2.50 bits per heavy atom. The van der Waals surface area contributed by atoms with Crippen molar-refractivity contribution in [1.82, 2.24) is 9.80 Å². The zero-order chi connectivity index (χ0) is 17.9. The van der Waals surface area contributed by atoms with Gasteiger partial charge in [0.25, 0.3) is 0 Å². The van der Waals surface area contributed by atoms with Crippen molar-refractivity contribution in [3.05, 3.63) is 35.9 Å². The lowest BCUT2D eigenvalue weighted by Crippen LogP contribution is -2.46. The Morgan fingerprint density at radius 2 is 1.92 bits per heavy atom. The summed E-state index contributed by atoms with van der Waals surface area (Å²) in [6, 6.07) is 6.85. The van der Waals surface area contributed by atoms with E-state index >= 15 is 0 Å². The lowest BCUT2D eigenvalue weighted by Gasteiger charge is -2.21. The number of nitrogens with zero attached hydrogens (tertiary/aromatic N) is 2. The zero-order valence-electron chi connectivity index (χ0n) is 13.3. The highest BCUT2D eigenvalue weighted by Crippen LogP contribution is 2.21. The molecule has 0 radical (unpaired) electrons. The molecule has 24 heavy (non-hydrogen) atoms. The van der Waals surface area contributed by atoms with Crippen molar-refractivity contribution in [2.45, 2.75) is 13.0 Å². The average molecular weight is 350 g/mol. The van der Waals surface area contributed by atoms with Crippen molar-refractivity contribution < 1.29 is 24.3 Å². The zero-order valence-corrected chi connectivity index (χ0v) is 14.2. The Hall–Kier alpha value is -2.35. The van der Waals surface area contributed by atoms with Crippen molar-refractivity contribution in [1.29, 1.82) is 0 Å². The second-order valence-corrected chi connectivity index (χ2v) is 6.58. The minimum atomic E-state index is -1.22. The largest absolute Gasteiger partial charge is 0.480 e. The molecule has 0 aromatic heterocycles. The molecule has 2 rings (SSSR count). The van der Waals surface area contributed by atoms with Crippen LogP contribution in [0.1, 0.15) is 17.3 Å². The Morgan fingerprint density at radius 1 is 1.29 bits per heavy atom. The fourth-order valence-corrected chi connectivity index (χ4v) is 3.19. The second kappa shape index (κ2) is 7.48. The number of amides is 3. The van der Waals surface area contributed by atoms with Gasteiger partial charge in [-0.1, -0.05) is 49.0 Å². The fraction of sp³-hybridized carbons (Fsp3) is 0.375. The standard InChI is InChI=1S/C16H18N2O5S/c1-10(9-24-15(22)11-6-4-3-5-7-11)13(19)18-12(14(20)21)8-17(2)16(18)23/h3-7,10,12H,8-9H2,1-2H3,(H,20,21)/t10-,12+/m1/s1. The van der Waals surface area contributed by atoms with E-state index in [9.17, 15) is 24.3 Å². The molecule has 1 heterocycles. The van der Waals surface area contributed by atoms with Crippen molar-refractivity contribution in [2.24, 2.45) is 5.92 Å². The van der Waals surface area contributed by atoms with Crippen molar-refractivity contribution in [3.8, 4) is 0 Å². The number of carbonyl (C=O) groups excluding carboxylic acids is 3. The van der Waals surface area contributed by atoms with Gasteiger partial charge in [-0.3, -0.25) is 9.59 Å². The van der Waals surface area contributed by atoms with Gasteiger partial charge < -0.3 is 10.0 Å². The number of carbonyl (C=O) groups is 4. The van der Waals surface area contributed by atoms with Crippen molar-refractivity contribution >= 4 is 34.8 Å². The topological polar surface area (TPSA) is 95.0 Å². The van der Waals surface area contributed by atoms with E-state index in [0.29, 0.717) is 5.56 Å². The summed E-state index contributed by atoms with van der Waals surface area (Å²) >= 11 is 0.978. The number of hydrogen-bond donors (Lipinski definition) is 1. The number of likely N-dealkylation sites (N-methyl/N-ethyl adjacent to an activating group) is 1. The summed E-state index contributed by atoms with van der Waals surface area (Å²) in [5, 5.41) is 9.01. The lowest BCUT2D eigenvalue weighted by atomic mass is 10.1. The van der Waals surface area contributed by atoms with Gasteiger partial charge in [0.05, 0.1) is 6.54 Å². The monoisotopic (exact) mass is 350 g/mol. The molecular weight excluding hydrogens is 332 g/mol. The highest BCUT2D eigenvalue weighted by molar-refractivity contribution is 8.14. The maximum atomic E-state index is 12.5. The third-order valence-electron chi connectivity index (χ3n) is 3.71. The van der Waals surface area contributed by atoms with Gasteiger partial charge in [0.1, 0.15) is 0 Å². The molecule has 0 spiro atoms. The number of imide groups is 1. The minimum absolute atomic E-state index is 0.0390. The molecule has 1 aromatic carbocycles. The molecule has 0 bridgehead atoms. The normalized spacial score (nSPS) is 18.6. The fourth-order valence-electron chi connectivity index (χ4n) is 2.34. The van der Waals surface area contributed by atoms with Crippen LogP contribution in [0, 0.1) is 5.92 Å². The van der Waals surface area contributed by atoms with Gasteiger partial charge >= 0.3 is 12.0 Å². The van der Waals surface area contributed by atoms with Crippen LogP contribution in [-0.2, 0) is 9.59 Å². The molecule has 1 aromatic rings. The summed E-state index contributed by atoms with van der Waals surface area (Å²) in [7, 11) is 1.45. The van der Waals surface area contributed by atoms with Crippen molar-refractivity contribution in [3.63, 3.8) is 0 Å². The first-order valence-corrected chi connectivity index (χ1v) is 8.34. The molecule has 1 fully saturated rings. The van der Waals surface area contributed by atoms with Crippen LogP contribution >= 0.6 is 11.8 Å². The van der Waals surface area contributed by atoms with E-state index < -0.39 is 29.9 Å². The number of aliphatic carboxylic acids is 1. The van der Waals surface area contributed by atoms with Crippen LogP contribution in [0.3, 0.4) is 0 Å². The molecule has 8 heteroatoms. The molecule has 0 aliphatic carbocycles. The first kappa shape index (κ1) is 18.0. The minimum Gasteiger partial charge on any atom is -0.480 e. The van der Waals surface area contributed by atoms with Crippen LogP contribution in [0.15, 0.2) is 30.3 Å². The summed E-state index contributed by atoms with van der Waals surface area (Å²) in [6.07, 6.45) is 0. The van der Waals surface area contributed by atoms with Crippen LogP contribution < -0.4 is 0 Å². The number of hydrogen-bond acceptors (Lipinski definition) is 5. The van der Waals surface area contributed by atoms with Gasteiger partial charge in [-0.25, -0.2) is 14.5 Å². The van der Waals surface area contributed by atoms with Gasteiger partial charge in [-0.15, -0.1) is 0 Å². The maximum absolute atomic E-state index is 12.5. The molecule has 1 N–H and O–H groups in total. The smallest absolute Gasteiger partial charge is 0.328 e. The summed E-state index contributed by atoms with van der Waals surface area (Å²) in [4.78, 5) is 49.8. The SMILES string of the molecule is C[C@H](CSC(=O)c1ccccc1)C(=O)N1C(=O)N(C)C[C@H]1C(=O)O. The number of carboxylic acids is 1. The maximum Gasteiger partial charge on any atom is 0.328 e. The van der Waals surface area contributed by atoms with E-state index in [1.165, 1.54) is 11.9 Å². The van der Waals surface area contributed by atoms with Crippen LogP contribution in [0.2, 0.25) is 0 Å². The Bertz CT molecular complexity index is 664. The van der Waals surface area contributed by atoms with Crippen LogP contribution in [0.4, 0.5) is 4.79 Å². The molecule has 3 amide bonds. The lowest BCUT2D eigenvalue weighted by molar-refractivity contribution is -0.147. The molecule has 7 nitrogen and oxygen atoms in total. The van der Waals surface area contributed by atoms with Gasteiger partial charge in [0, 0.05) is 24.3 Å². The first-order chi connectivity index (χ1) is 11.3. The Kier molecular flexibility index (Phi) is 5.61. The molecule has 0 saturated carbocycles. The number of thioether (sulfide) groups is 1. The number of benzene rings is 1. The number of carboxylic acid groups (broad SMARTS) is 1. The highest BCUT2D eigenvalue weighted by atomic mass is 32.2. The second-order valence-electron chi connectivity index (χ2n) is 5.59. The van der Waals surface area contributed by atoms with E-state index in [2.05, 4.69) is 0 Å². The molecular formula is C16H18N2O5S. The van der Waals surface area contributed by atoms with Crippen LogP contribution in [0.25, 0.3) is 0 Å².